The summed E-state index contributed by atoms with van der Waals surface area (Å²) in [5.41, 5.74) is -1.17. The summed E-state index contributed by atoms with van der Waals surface area (Å²) in [6, 6.07) is 6.18. The fourth-order valence-electron chi connectivity index (χ4n) is 4.40. The Labute approximate surface area is 230 Å². The van der Waals surface area contributed by atoms with Crippen molar-refractivity contribution < 1.29 is 26.4 Å². The highest BCUT2D eigenvalue weighted by Crippen LogP contribution is 2.37. The van der Waals surface area contributed by atoms with Gasteiger partial charge in [0.05, 0.1) is 22.8 Å². The number of hydrogen-bond donors (Lipinski definition) is 2. The van der Waals surface area contributed by atoms with Crippen molar-refractivity contribution >= 4 is 38.9 Å². The van der Waals surface area contributed by atoms with Crippen LogP contribution in [0.2, 0.25) is 10.0 Å². The third-order valence-corrected chi connectivity index (χ3v) is 8.72. The van der Waals surface area contributed by atoms with Gasteiger partial charge in [-0.2, -0.15) is 13.2 Å². The first kappa shape index (κ1) is 30.3. The monoisotopic (exact) mass is 589 g/mol. The van der Waals surface area contributed by atoms with E-state index >= 15 is 0 Å². The lowest BCUT2D eigenvalue weighted by Gasteiger charge is -2.33. The Hall–Kier alpha value is -2.29. The number of halogens is 5. The van der Waals surface area contributed by atoms with Crippen LogP contribution in [0.1, 0.15) is 46.8 Å². The molecule has 1 saturated heterocycles. The molecule has 0 unspecified atom stereocenters. The molecule has 6 nitrogen and oxygen atoms in total. The van der Waals surface area contributed by atoms with E-state index in [4.69, 9.17) is 29.6 Å². The number of amides is 1. The summed E-state index contributed by atoms with van der Waals surface area (Å²) in [7, 11) is -3.62. The molecule has 2 aromatic carbocycles. The highest BCUT2D eigenvalue weighted by atomic mass is 35.5. The molecule has 0 spiro atoms. The minimum Gasteiger partial charge on any atom is -0.348 e. The number of carbonyl (C=O) groups excluding carboxylic acids is 1. The molecule has 0 radical (unpaired) electrons. The van der Waals surface area contributed by atoms with Crippen molar-refractivity contribution in [1.29, 1.82) is 0 Å². The summed E-state index contributed by atoms with van der Waals surface area (Å²) in [5, 5.41) is 5.75. The Bertz CT molecular complexity index is 1330. The molecule has 1 heterocycles. The minimum absolute atomic E-state index is 0.00868. The normalized spacial score (nSPS) is 16.7. The van der Waals surface area contributed by atoms with Crippen LogP contribution in [0, 0.1) is 12.3 Å². The maximum absolute atomic E-state index is 14.1. The van der Waals surface area contributed by atoms with Gasteiger partial charge in [0.1, 0.15) is 0 Å². The largest absolute Gasteiger partial charge is 0.416 e. The third-order valence-electron chi connectivity index (χ3n) is 6.32. The van der Waals surface area contributed by atoms with E-state index in [9.17, 15) is 26.4 Å². The van der Waals surface area contributed by atoms with Crippen molar-refractivity contribution in [2.75, 3.05) is 25.4 Å². The Kier molecular flexibility index (Phi) is 10.1. The second-order valence-corrected chi connectivity index (χ2v) is 12.1. The van der Waals surface area contributed by atoms with Gasteiger partial charge in [0.2, 0.25) is 0 Å². The number of nitrogens with zero attached hydrogens (tertiary/aromatic N) is 1. The molecule has 0 aromatic heterocycles. The van der Waals surface area contributed by atoms with Crippen molar-refractivity contribution in [1.82, 2.24) is 15.5 Å². The van der Waals surface area contributed by atoms with Gasteiger partial charge in [0.25, 0.3) is 5.91 Å². The SMILES string of the molecule is C#CCN[C@H]1CCCN(Cc2c(Cl)cc(C(=O)NCc3cc(Cl)ccc3S(=O)(=O)CC)cc2C(F)(F)F)C1. The quantitative estimate of drug-likeness (QED) is 0.406. The van der Waals surface area contributed by atoms with Gasteiger partial charge >= 0.3 is 6.18 Å². The summed E-state index contributed by atoms with van der Waals surface area (Å²) < 4.78 is 67.0. The van der Waals surface area contributed by atoms with E-state index in [1.165, 1.54) is 31.2 Å². The van der Waals surface area contributed by atoms with E-state index in [1.54, 1.807) is 0 Å². The predicted molar refractivity (Wildman–Crippen MR) is 142 cm³/mol. The lowest BCUT2D eigenvalue weighted by atomic mass is 10.00. The molecule has 1 fully saturated rings. The maximum atomic E-state index is 14.1. The summed E-state index contributed by atoms with van der Waals surface area (Å²) in [5.74, 6) is 1.50. The van der Waals surface area contributed by atoms with E-state index in [0.29, 0.717) is 19.6 Å². The number of alkyl halides is 3. The van der Waals surface area contributed by atoms with Gasteiger partial charge in [-0.05, 0) is 60.8 Å². The van der Waals surface area contributed by atoms with E-state index < -0.39 is 27.5 Å². The van der Waals surface area contributed by atoms with E-state index in [2.05, 4.69) is 16.6 Å². The highest BCUT2D eigenvalue weighted by molar-refractivity contribution is 7.91. The van der Waals surface area contributed by atoms with Crippen LogP contribution in [0.5, 0.6) is 0 Å². The second-order valence-electron chi connectivity index (χ2n) is 8.98. The van der Waals surface area contributed by atoms with Gasteiger partial charge in [-0.3, -0.25) is 9.69 Å². The van der Waals surface area contributed by atoms with Gasteiger partial charge < -0.3 is 10.6 Å². The molecule has 1 atom stereocenters. The van der Waals surface area contributed by atoms with Gasteiger partial charge in [0, 0.05) is 41.3 Å². The van der Waals surface area contributed by atoms with Crippen molar-refractivity contribution in [3.8, 4) is 12.3 Å². The molecule has 206 valence electrons. The van der Waals surface area contributed by atoms with Crippen LogP contribution < -0.4 is 10.6 Å². The lowest BCUT2D eigenvalue weighted by molar-refractivity contribution is -0.138. The number of rotatable bonds is 9. The van der Waals surface area contributed by atoms with Gasteiger partial charge in [0.15, 0.2) is 9.84 Å². The van der Waals surface area contributed by atoms with Crippen LogP contribution in [0.15, 0.2) is 35.2 Å². The smallest absolute Gasteiger partial charge is 0.348 e. The Morgan fingerprint density at radius 1 is 1.24 bits per heavy atom. The molecule has 2 N–H and O–H groups in total. The average molecular weight is 590 g/mol. The van der Waals surface area contributed by atoms with Gasteiger partial charge in [-0.1, -0.05) is 36.0 Å². The zero-order chi connectivity index (χ0) is 28.1. The third kappa shape index (κ3) is 7.64. The number of sulfone groups is 1. The van der Waals surface area contributed by atoms with Crippen molar-refractivity contribution in [2.45, 2.75) is 50.0 Å². The summed E-state index contributed by atoms with van der Waals surface area (Å²) in [6.07, 6.45) is 2.20. The number of terminal acetylenes is 1. The molecule has 3 rings (SSSR count). The summed E-state index contributed by atoms with van der Waals surface area (Å²) in [6.45, 7) is 2.68. The number of hydrogen-bond acceptors (Lipinski definition) is 5. The molecular formula is C26H28Cl2F3N3O3S. The van der Waals surface area contributed by atoms with Crippen LogP contribution in [-0.2, 0) is 29.1 Å². The van der Waals surface area contributed by atoms with E-state index in [-0.39, 0.29) is 56.5 Å². The fourth-order valence-corrected chi connectivity index (χ4v) is 5.99. The number of benzene rings is 2. The molecule has 2 aromatic rings. The maximum Gasteiger partial charge on any atom is 0.416 e. The first-order valence-corrected chi connectivity index (χ1v) is 14.3. The van der Waals surface area contributed by atoms with Crippen molar-refractivity contribution in [3.05, 3.63) is 62.6 Å². The van der Waals surface area contributed by atoms with Crippen molar-refractivity contribution in [2.24, 2.45) is 0 Å². The Morgan fingerprint density at radius 2 is 1.97 bits per heavy atom. The minimum atomic E-state index is -4.75. The molecule has 38 heavy (non-hydrogen) atoms. The molecule has 0 bridgehead atoms. The van der Waals surface area contributed by atoms with Crippen LogP contribution in [0.3, 0.4) is 0 Å². The van der Waals surface area contributed by atoms with Crippen LogP contribution in [0.4, 0.5) is 13.2 Å². The standard InChI is InChI=1S/C26H28Cl2F3N3O3S/c1-3-9-32-20-6-5-10-34(15-20)16-21-22(26(29,30)31)12-17(13-23(21)28)25(35)33-14-18-11-19(27)7-8-24(18)38(36,37)4-2/h1,7-8,11-13,20,32H,4-6,9-10,14-16H2,2H3,(H,33,35)/t20-/m0/s1. The number of likely N-dealkylation sites (tertiary alicyclic amines) is 1. The molecule has 0 saturated carbocycles. The molecule has 12 heteroatoms. The van der Waals surface area contributed by atoms with Crippen LogP contribution in [-0.4, -0.2) is 50.7 Å². The second kappa shape index (κ2) is 12.7. The summed E-state index contributed by atoms with van der Waals surface area (Å²) >= 11 is 12.3. The Morgan fingerprint density at radius 3 is 2.63 bits per heavy atom. The van der Waals surface area contributed by atoms with Crippen LogP contribution >= 0.6 is 23.2 Å². The van der Waals surface area contributed by atoms with E-state index in [0.717, 1.165) is 18.9 Å². The first-order valence-electron chi connectivity index (χ1n) is 11.9. The van der Waals surface area contributed by atoms with Gasteiger partial charge in [-0.25, -0.2) is 8.42 Å². The average Bonchev–Trinajstić information content (AvgIpc) is 2.86. The fraction of sp³-hybridized carbons (Fsp3) is 0.423. The summed E-state index contributed by atoms with van der Waals surface area (Å²) in [4.78, 5) is 14.7. The molecular weight excluding hydrogens is 562 g/mol. The van der Waals surface area contributed by atoms with Crippen LogP contribution in [0.25, 0.3) is 0 Å². The highest BCUT2D eigenvalue weighted by Gasteiger charge is 2.36. The number of piperidine rings is 1. The van der Waals surface area contributed by atoms with E-state index in [1.807, 2.05) is 4.90 Å². The first-order chi connectivity index (χ1) is 17.9. The zero-order valence-corrected chi connectivity index (χ0v) is 23.0. The molecule has 1 aliphatic heterocycles. The number of nitrogens with one attached hydrogen (secondary N) is 2. The van der Waals surface area contributed by atoms with Crippen molar-refractivity contribution in [3.63, 3.8) is 0 Å². The molecule has 0 aliphatic carbocycles. The Balaban J connectivity index is 1.84. The molecule has 1 amide bonds. The topological polar surface area (TPSA) is 78.5 Å². The number of carbonyl (C=O) groups is 1. The lowest BCUT2D eigenvalue weighted by Crippen LogP contribution is -2.45. The predicted octanol–water partition coefficient (Wildman–Crippen LogP) is 4.92. The van der Waals surface area contributed by atoms with Gasteiger partial charge in [-0.15, -0.1) is 6.42 Å². The molecule has 1 aliphatic rings. The zero-order valence-electron chi connectivity index (χ0n) is 20.7.